The van der Waals surface area contributed by atoms with Crippen molar-refractivity contribution >= 4 is 16.8 Å². The second kappa shape index (κ2) is 4.70. The fourth-order valence-electron chi connectivity index (χ4n) is 2.78. The first-order chi connectivity index (χ1) is 9.16. The molecule has 100 valence electrons. The van der Waals surface area contributed by atoms with Crippen molar-refractivity contribution in [1.82, 2.24) is 9.88 Å². The third kappa shape index (κ3) is 2.12. The van der Waals surface area contributed by atoms with E-state index in [-0.39, 0.29) is 11.9 Å². The molecule has 1 fully saturated rings. The molecule has 0 radical (unpaired) electrons. The number of amides is 1. The van der Waals surface area contributed by atoms with Gasteiger partial charge in [-0.25, -0.2) is 0 Å². The van der Waals surface area contributed by atoms with Gasteiger partial charge in [-0.05, 0) is 24.5 Å². The summed E-state index contributed by atoms with van der Waals surface area (Å²) in [5, 5.41) is 1.08. The Morgan fingerprint density at radius 3 is 3.05 bits per heavy atom. The second-order valence-electron chi connectivity index (χ2n) is 5.43. The highest BCUT2D eigenvalue weighted by Crippen LogP contribution is 2.22. The Balaban J connectivity index is 1.90. The first-order valence-corrected chi connectivity index (χ1v) is 6.78. The summed E-state index contributed by atoms with van der Waals surface area (Å²) in [7, 11) is 0. The van der Waals surface area contributed by atoms with Gasteiger partial charge in [0.2, 0.25) is 0 Å². The van der Waals surface area contributed by atoms with Gasteiger partial charge in [-0.2, -0.15) is 0 Å². The summed E-state index contributed by atoms with van der Waals surface area (Å²) in [6, 6.07) is 8.03. The van der Waals surface area contributed by atoms with Crippen LogP contribution in [0.4, 0.5) is 0 Å². The van der Waals surface area contributed by atoms with Crippen LogP contribution in [0.15, 0.2) is 30.5 Å². The standard InChI is InChI=1S/C15H19N3O/c1-10-9-18(8-6-13(10)16)15(19)12-4-2-3-11-5-7-17-14(11)12/h2-5,7,10,13,17H,6,8-9,16H2,1H3. The molecule has 1 amide bonds. The maximum atomic E-state index is 12.6. The monoisotopic (exact) mass is 257 g/mol. The molecule has 19 heavy (non-hydrogen) atoms. The number of aromatic amines is 1. The van der Waals surface area contributed by atoms with Crippen LogP contribution in [0, 0.1) is 5.92 Å². The Kier molecular flexibility index (Phi) is 3.03. The Labute approximate surface area is 112 Å². The van der Waals surface area contributed by atoms with Gasteiger partial charge in [0.1, 0.15) is 0 Å². The van der Waals surface area contributed by atoms with E-state index < -0.39 is 0 Å². The van der Waals surface area contributed by atoms with Crippen LogP contribution in [0.3, 0.4) is 0 Å². The normalized spacial score (nSPS) is 23.8. The van der Waals surface area contributed by atoms with Crippen molar-refractivity contribution in [3.05, 3.63) is 36.0 Å². The molecule has 2 aromatic rings. The number of likely N-dealkylation sites (tertiary alicyclic amines) is 1. The van der Waals surface area contributed by atoms with Gasteiger partial charge in [-0.1, -0.05) is 19.1 Å². The third-order valence-electron chi connectivity index (χ3n) is 4.08. The number of fused-ring (bicyclic) bond motifs is 1. The highest BCUT2D eigenvalue weighted by molar-refractivity contribution is 6.05. The minimum Gasteiger partial charge on any atom is -0.361 e. The van der Waals surface area contributed by atoms with Crippen LogP contribution in [0.5, 0.6) is 0 Å². The van der Waals surface area contributed by atoms with Crippen molar-refractivity contribution in [1.29, 1.82) is 0 Å². The van der Waals surface area contributed by atoms with Crippen molar-refractivity contribution < 1.29 is 4.79 Å². The minimum absolute atomic E-state index is 0.104. The molecule has 0 saturated carbocycles. The molecule has 2 unspecified atom stereocenters. The van der Waals surface area contributed by atoms with Gasteiger partial charge in [-0.15, -0.1) is 0 Å². The number of rotatable bonds is 1. The first-order valence-electron chi connectivity index (χ1n) is 6.78. The van der Waals surface area contributed by atoms with Gasteiger partial charge in [0, 0.05) is 30.7 Å². The lowest BCUT2D eigenvalue weighted by atomic mass is 9.94. The number of hydrogen-bond donors (Lipinski definition) is 2. The number of H-pyrrole nitrogens is 1. The molecular weight excluding hydrogens is 238 g/mol. The van der Waals surface area contributed by atoms with Crippen LogP contribution < -0.4 is 5.73 Å². The van der Waals surface area contributed by atoms with Crippen LogP contribution >= 0.6 is 0 Å². The number of piperidine rings is 1. The second-order valence-corrected chi connectivity index (χ2v) is 5.43. The van der Waals surface area contributed by atoms with Crippen LogP contribution in [0.25, 0.3) is 10.9 Å². The largest absolute Gasteiger partial charge is 0.361 e. The molecule has 0 spiro atoms. The molecule has 3 N–H and O–H groups in total. The van der Waals surface area contributed by atoms with E-state index in [1.54, 1.807) is 0 Å². The van der Waals surface area contributed by atoms with Crippen LogP contribution in [0.1, 0.15) is 23.7 Å². The Morgan fingerprint density at radius 1 is 1.42 bits per heavy atom. The summed E-state index contributed by atoms with van der Waals surface area (Å²) in [5.41, 5.74) is 7.69. The highest BCUT2D eigenvalue weighted by atomic mass is 16.2. The number of benzene rings is 1. The quantitative estimate of drug-likeness (QED) is 0.820. The molecule has 2 atom stereocenters. The SMILES string of the molecule is CC1CN(C(=O)c2cccc3cc[nH]c23)CCC1N. The van der Waals surface area contributed by atoms with Gasteiger partial charge >= 0.3 is 0 Å². The van der Waals surface area contributed by atoms with E-state index >= 15 is 0 Å². The first kappa shape index (κ1) is 12.2. The Bertz CT molecular complexity index is 604. The molecule has 1 aromatic heterocycles. The Hall–Kier alpha value is -1.81. The van der Waals surface area contributed by atoms with E-state index in [9.17, 15) is 4.79 Å². The fraction of sp³-hybridized carbons (Fsp3) is 0.400. The number of para-hydroxylation sites is 1. The van der Waals surface area contributed by atoms with Gasteiger partial charge in [0.15, 0.2) is 0 Å². The summed E-state index contributed by atoms with van der Waals surface area (Å²) in [4.78, 5) is 17.7. The number of nitrogens with one attached hydrogen (secondary N) is 1. The van der Waals surface area contributed by atoms with E-state index in [4.69, 9.17) is 5.73 Å². The number of nitrogens with two attached hydrogens (primary N) is 1. The van der Waals surface area contributed by atoms with Crippen LogP contribution in [0.2, 0.25) is 0 Å². The zero-order valence-electron chi connectivity index (χ0n) is 11.1. The lowest BCUT2D eigenvalue weighted by molar-refractivity contribution is 0.0666. The van der Waals surface area contributed by atoms with Crippen molar-refractivity contribution in [2.75, 3.05) is 13.1 Å². The topological polar surface area (TPSA) is 62.1 Å². The maximum Gasteiger partial charge on any atom is 0.255 e. The molecule has 0 bridgehead atoms. The van der Waals surface area contributed by atoms with E-state index in [1.807, 2.05) is 35.4 Å². The molecule has 1 aromatic carbocycles. The average Bonchev–Trinajstić information content (AvgIpc) is 2.89. The summed E-state index contributed by atoms with van der Waals surface area (Å²) in [5.74, 6) is 0.465. The number of carbonyl (C=O) groups excluding carboxylic acids is 1. The predicted molar refractivity (Wildman–Crippen MR) is 76.0 cm³/mol. The minimum atomic E-state index is 0.104. The number of nitrogens with zero attached hydrogens (tertiary/aromatic N) is 1. The van der Waals surface area contributed by atoms with Gasteiger partial charge in [0.25, 0.3) is 5.91 Å². The zero-order valence-corrected chi connectivity index (χ0v) is 11.1. The lowest BCUT2D eigenvalue weighted by Gasteiger charge is -2.35. The highest BCUT2D eigenvalue weighted by Gasteiger charge is 2.27. The fourth-order valence-corrected chi connectivity index (χ4v) is 2.78. The predicted octanol–water partition coefficient (Wildman–Crippen LogP) is 1.98. The smallest absolute Gasteiger partial charge is 0.255 e. The molecule has 2 heterocycles. The molecule has 1 aliphatic rings. The molecule has 1 saturated heterocycles. The number of aromatic nitrogens is 1. The van der Waals surface area contributed by atoms with Gasteiger partial charge in [-0.3, -0.25) is 4.79 Å². The molecule has 3 rings (SSSR count). The lowest BCUT2D eigenvalue weighted by Crippen LogP contribution is -2.48. The molecule has 4 heteroatoms. The van der Waals surface area contributed by atoms with E-state index in [1.165, 1.54) is 0 Å². The van der Waals surface area contributed by atoms with Crippen LogP contribution in [-0.4, -0.2) is 34.9 Å². The van der Waals surface area contributed by atoms with Gasteiger partial charge in [0.05, 0.1) is 11.1 Å². The number of carbonyl (C=O) groups is 1. The maximum absolute atomic E-state index is 12.6. The Morgan fingerprint density at radius 2 is 2.26 bits per heavy atom. The number of hydrogen-bond acceptors (Lipinski definition) is 2. The zero-order chi connectivity index (χ0) is 13.4. The molecular formula is C15H19N3O. The van der Waals surface area contributed by atoms with Crippen molar-refractivity contribution in [3.8, 4) is 0 Å². The molecule has 0 aliphatic carbocycles. The van der Waals surface area contributed by atoms with Crippen molar-refractivity contribution in [2.45, 2.75) is 19.4 Å². The van der Waals surface area contributed by atoms with Crippen molar-refractivity contribution in [3.63, 3.8) is 0 Å². The van der Waals surface area contributed by atoms with E-state index in [0.29, 0.717) is 5.92 Å². The third-order valence-corrected chi connectivity index (χ3v) is 4.08. The molecule has 1 aliphatic heterocycles. The summed E-state index contributed by atoms with van der Waals surface area (Å²) < 4.78 is 0. The van der Waals surface area contributed by atoms with Gasteiger partial charge < -0.3 is 15.6 Å². The summed E-state index contributed by atoms with van der Waals surface area (Å²) in [6.45, 7) is 3.61. The summed E-state index contributed by atoms with van der Waals surface area (Å²) in [6.07, 6.45) is 2.75. The van der Waals surface area contributed by atoms with E-state index in [0.717, 1.165) is 36.0 Å². The van der Waals surface area contributed by atoms with E-state index in [2.05, 4.69) is 11.9 Å². The molecule has 4 nitrogen and oxygen atoms in total. The average molecular weight is 257 g/mol. The van der Waals surface area contributed by atoms with Crippen LogP contribution in [-0.2, 0) is 0 Å². The van der Waals surface area contributed by atoms with Crippen molar-refractivity contribution in [2.24, 2.45) is 11.7 Å². The summed E-state index contributed by atoms with van der Waals surface area (Å²) >= 11 is 0.